The minimum atomic E-state index is 0.321. The lowest BCUT2D eigenvalue weighted by molar-refractivity contribution is 0.216. The molecular formula is C13H21N3O. The van der Waals surface area contributed by atoms with Crippen molar-refractivity contribution in [1.29, 1.82) is 0 Å². The Morgan fingerprint density at radius 3 is 2.59 bits per heavy atom. The van der Waals surface area contributed by atoms with Crippen LogP contribution < -0.4 is 10.1 Å². The van der Waals surface area contributed by atoms with Crippen LogP contribution in [0.5, 0.6) is 5.75 Å². The Balaban J connectivity index is 2.03. The van der Waals surface area contributed by atoms with Crippen LogP contribution in [-0.4, -0.2) is 23.1 Å². The number of hydrogen-bond donors (Lipinski definition) is 1. The Morgan fingerprint density at radius 1 is 1.29 bits per heavy atom. The molecule has 1 aromatic rings. The van der Waals surface area contributed by atoms with Crippen molar-refractivity contribution >= 4 is 5.95 Å². The van der Waals surface area contributed by atoms with Gasteiger partial charge in [-0.05, 0) is 18.3 Å². The highest BCUT2D eigenvalue weighted by atomic mass is 16.5. The van der Waals surface area contributed by atoms with Crippen LogP contribution in [0.4, 0.5) is 5.95 Å². The predicted octanol–water partition coefficient (Wildman–Crippen LogP) is 2.87. The molecule has 1 aromatic heterocycles. The van der Waals surface area contributed by atoms with E-state index in [1.165, 1.54) is 25.7 Å². The number of aromatic nitrogens is 2. The first kappa shape index (κ1) is 12.1. The molecule has 17 heavy (non-hydrogen) atoms. The Bertz CT molecular complexity index is 361. The van der Waals surface area contributed by atoms with Crippen LogP contribution >= 0.6 is 0 Å². The van der Waals surface area contributed by atoms with Gasteiger partial charge >= 0.3 is 0 Å². The van der Waals surface area contributed by atoms with E-state index in [0.717, 1.165) is 0 Å². The quantitative estimate of drug-likeness (QED) is 0.875. The minimum absolute atomic E-state index is 0.321. The molecule has 1 fully saturated rings. The van der Waals surface area contributed by atoms with Gasteiger partial charge in [0.15, 0.2) is 5.75 Å². The topological polar surface area (TPSA) is 47.0 Å². The van der Waals surface area contributed by atoms with E-state index in [0.29, 0.717) is 23.2 Å². The third kappa shape index (κ3) is 2.87. The van der Waals surface area contributed by atoms with Gasteiger partial charge in [0, 0.05) is 6.04 Å². The first-order valence-corrected chi connectivity index (χ1v) is 6.24. The molecule has 1 atom stereocenters. The van der Waals surface area contributed by atoms with Crippen molar-refractivity contribution in [2.45, 2.75) is 45.6 Å². The summed E-state index contributed by atoms with van der Waals surface area (Å²) in [4.78, 5) is 8.52. The lowest BCUT2D eigenvalue weighted by atomic mass is 9.73. The molecule has 1 aliphatic rings. The Morgan fingerprint density at radius 2 is 2.00 bits per heavy atom. The van der Waals surface area contributed by atoms with Crippen LogP contribution in [0.15, 0.2) is 12.4 Å². The van der Waals surface area contributed by atoms with Crippen molar-refractivity contribution < 1.29 is 4.74 Å². The number of nitrogens with zero attached hydrogens (tertiary/aromatic N) is 2. The Hall–Kier alpha value is -1.32. The third-order valence-electron chi connectivity index (χ3n) is 3.67. The highest BCUT2D eigenvalue weighted by Gasteiger charge is 2.32. The molecule has 4 nitrogen and oxygen atoms in total. The van der Waals surface area contributed by atoms with E-state index in [9.17, 15) is 0 Å². The minimum Gasteiger partial charge on any atom is -0.494 e. The fourth-order valence-corrected chi connectivity index (χ4v) is 2.41. The maximum Gasteiger partial charge on any atom is 0.223 e. The zero-order valence-electron chi connectivity index (χ0n) is 10.9. The van der Waals surface area contributed by atoms with Crippen LogP contribution in [0.1, 0.15) is 39.5 Å². The van der Waals surface area contributed by atoms with Gasteiger partial charge in [-0.3, -0.25) is 0 Å². The molecule has 0 radical (unpaired) electrons. The zero-order valence-corrected chi connectivity index (χ0v) is 10.9. The molecule has 0 bridgehead atoms. The average Bonchev–Trinajstić information content (AvgIpc) is 2.33. The normalized spacial score (nSPS) is 23.1. The van der Waals surface area contributed by atoms with E-state index >= 15 is 0 Å². The zero-order chi connectivity index (χ0) is 12.3. The lowest BCUT2D eigenvalue weighted by Gasteiger charge is -2.39. The van der Waals surface area contributed by atoms with Gasteiger partial charge in [-0.2, -0.15) is 0 Å². The average molecular weight is 235 g/mol. The number of nitrogens with one attached hydrogen (secondary N) is 1. The molecule has 0 amide bonds. The summed E-state index contributed by atoms with van der Waals surface area (Å²) in [7, 11) is 1.62. The second-order valence-electron chi connectivity index (χ2n) is 5.38. The fraction of sp³-hybridized carbons (Fsp3) is 0.692. The van der Waals surface area contributed by atoms with Gasteiger partial charge in [-0.15, -0.1) is 0 Å². The van der Waals surface area contributed by atoms with Crippen molar-refractivity contribution in [3.63, 3.8) is 0 Å². The summed E-state index contributed by atoms with van der Waals surface area (Å²) in [6.07, 6.45) is 8.48. The summed E-state index contributed by atoms with van der Waals surface area (Å²) >= 11 is 0. The molecule has 2 rings (SSSR count). The molecule has 1 unspecified atom stereocenters. The molecule has 0 aliphatic heterocycles. The molecule has 1 N–H and O–H groups in total. The van der Waals surface area contributed by atoms with Crippen molar-refractivity contribution in [2.75, 3.05) is 12.4 Å². The molecule has 1 aliphatic carbocycles. The van der Waals surface area contributed by atoms with Gasteiger partial charge in [0.05, 0.1) is 19.5 Å². The molecule has 0 saturated heterocycles. The van der Waals surface area contributed by atoms with Crippen molar-refractivity contribution in [2.24, 2.45) is 5.41 Å². The maximum atomic E-state index is 5.05. The van der Waals surface area contributed by atoms with Gasteiger partial charge in [0.25, 0.3) is 0 Å². The van der Waals surface area contributed by atoms with Crippen LogP contribution in [0.2, 0.25) is 0 Å². The van der Waals surface area contributed by atoms with E-state index in [-0.39, 0.29) is 0 Å². The van der Waals surface area contributed by atoms with Crippen molar-refractivity contribution in [1.82, 2.24) is 9.97 Å². The Labute approximate surface area is 103 Å². The molecule has 94 valence electrons. The summed E-state index contributed by atoms with van der Waals surface area (Å²) in [6, 6.07) is 0.463. The molecule has 4 heteroatoms. The predicted molar refractivity (Wildman–Crippen MR) is 68.2 cm³/mol. The second-order valence-corrected chi connectivity index (χ2v) is 5.38. The molecule has 1 heterocycles. The van der Waals surface area contributed by atoms with Crippen LogP contribution in [0.25, 0.3) is 0 Å². The SMILES string of the molecule is COc1cnc(NC2CCCCC2(C)C)nc1. The third-order valence-corrected chi connectivity index (χ3v) is 3.67. The number of rotatable bonds is 3. The van der Waals surface area contributed by atoms with Gasteiger partial charge in [-0.1, -0.05) is 26.7 Å². The lowest BCUT2D eigenvalue weighted by Crippen LogP contribution is -2.39. The summed E-state index contributed by atoms with van der Waals surface area (Å²) in [6.45, 7) is 4.63. The maximum absolute atomic E-state index is 5.05. The highest BCUT2D eigenvalue weighted by Crippen LogP contribution is 2.36. The summed E-state index contributed by atoms with van der Waals surface area (Å²) < 4.78 is 5.05. The van der Waals surface area contributed by atoms with Gasteiger partial charge in [-0.25, -0.2) is 9.97 Å². The summed E-state index contributed by atoms with van der Waals surface area (Å²) in [5, 5.41) is 3.44. The standard InChI is InChI=1S/C13H21N3O/c1-13(2)7-5-4-6-11(13)16-12-14-8-10(17-3)9-15-12/h8-9,11H,4-7H2,1-3H3,(H,14,15,16). The van der Waals surface area contributed by atoms with E-state index in [1.807, 2.05) is 0 Å². The largest absolute Gasteiger partial charge is 0.494 e. The molecule has 0 spiro atoms. The summed E-state index contributed by atoms with van der Waals surface area (Å²) in [5.41, 5.74) is 0.321. The van der Waals surface area contributed by atoms with Gasteiger partial charge in [0.2, 0.25) is 5.95 Å². The molecule has 1 saturated carbocycles. The first-order chi connectivity index (χ1) is 8.12. The van der Waals surface area contributed by atoms with E-state index in [4.69, 9.17) is 4.74 Å². The monoisotopic (exact) mass is 235 g/mol. The van der Waals surface area contributed by atoms with Gasteiger partial charge < -0.3 is 10.1 Å². The van der Waals surface area contributed by atoms with Crippen molar-refractivity contribution in [3.05, 3.63) is 12.4 Å². The summed E-state index contributed by atoms with van der Waals surface area (Å²) in [5.74, 6) is 1.39. The van der Waals surface area contributed by atoms with E-state index < -0.39 is 0 Å². The fourth-order valence-electron chi connectivity index (χ4n) is 2.41. The highest BCUT2D eigenvalue weighted by molar-refractivity contribution is 5.29. The van der Waals surface area contributed by atoms with Crippen molar-refractivity contribution in [3.8, 4) is 5.75 Å². The Kier molecular flexibility index (Phi) is 3.50. The van der Waals surface area contributed by atoms with E-state index in [1.54, 1.807) is 19.5 Å². The first-order valence-electron chi connectivity index (χ1n) is 6.24. The molecule has 0 aromatic carbocycles. The van der Waals surface area contributed by atoms with Crippen LogP contribution in [0.3, 0.4) is 0 Å². The number of methoxy groups -OCH3 is 1. The van der Waals surface area contributed by atoms with Crippen LogP contribution in [-0.2, 0) is 0 Å². The number of anilines is 1. The van der Waals surface area contributed by atoms with Crippen LogP contribution in [0, 0.1) is 5.41 Å². The number of ether oxygens (including phenoxy) is 1. The molecular weight excluding hydrogens is 214 g/mol. The second kappa shape index (κ2) is 4.90. The number of hydrogen-bond acceptors (Lipinski definition) is 4. The van der Waals surface area contributed by atoms with E-state index in [2.05, 4.69) is 29.1 Å². The smallest absolute Gasteiger partial charge is 0.223 e. The van der Waals surface area contributed by atoms with Gasteiger partial charge in [0.1, 0.15) is 0 Å².